The number of aliphatic hydroxyl groups excluding tert-OH is 1. The Bertz CT molecular complexity index is 2910. The summed E-state index contributed by atoms with van der Waals surface area (Å²) in [7, 11) is 0. The van der Waals surface area contributed by atoms with Crippen LogP contribution in [0.25, 0.3) is 0 Å². The normalized spacial score (nSPS) is 14.5. The number of nitrogens with zero attached hydrogens (tertiary/aromatic N) is 1. The average molecular weight is 1270 g/mol. The minimum absolute atomic E-state index is 0.0385. The van der Waals surface area contributed by atoms with Gasteiger partial charge in [0.05, 0.1) is 25.4 Å². The number of primary amides is 1. The number of carbonyl (C=O) groups is 13. The summed E-state index contributed by atoms with van der Waals surface area (Å²) < 4.78 is 0. The Morgan fingerprint density at radius 2 is 0.989 bits per heavy atom. The molecule has 0 spiro atoms. The summed E-state index contributed by atoms with van der Waals surface area (Å²) >= 11 is 0. The van der Waals surface area contributed by atoms with Crippen LogP contribution in [-0.2, 0) is 81.6 Å². The van der Waals surface area contributed by atoms with Crippen LogP contribution in [-0.4, -0.2) is 186 Å². The Labute approximate surface area is 518 Å². The number of aliphatic carboxylic acids is 3. The molecule has 0 saturated heterocycles. The fourth-order valence-electron chi connectivity index (χ4n) is 8.96. The summed E-state index contributed by atoms with van der Waals surface area (Å²) in [6.07, 6.45) is -0.619. The summed E-state index contributed by atoms with van der Waals surface area (Å²) in [4.78, 5) is 180. The number of nitrogens with one attached hydrogen (secondary N) is 10. The number of imidazole rings is 1. The van der Waals surface area contributed by atoms with Gasteiger partial charge >= 0.3 is 17.9 Å². The highest BCUT2D eigenvalue weighted by Gasteiger charge is 2.37. The number of phenolic OH excluding ortho intramolecular Hbond substituents is 1. The van der Waals surface area contributed by atoms with Crippen molar-refractivity contribution in [2.75, 3.05) is 13.2 Å². The minimum atomic E-state index is -2.03. The van der Waals surface area contributed by atoms with Gasteiger partial charge in [-0.25, -0.2) is 9.78 Å². The number of aromatic hydroxyl groups is 1. The zero-order valence-corrected chi connectivity index (χ0v) is 50.4. The lowest BCUT2D eigenvalue weighted by molar-refractivity contribution is -0.143. The Kier molecular flexibility index (Phi) is 31.5. The number of carboxylic acids is 3. The molecule has 0 aliphatic rings. The smallest absolute Gasteiger partial charge is 0.326 e. The predicted molar refractivity (Wildman–Crippen MR) is 319 cm³/mol. The highest BCUT2D eigenvalue weighted by molar-refractivity contribution is 5.99. The average Bonchev–Trinajstić information content (AvgIpc) is 2.11. The van der Waals surface area contributed by atoms with E-state index in [0.717, 1.165) is 0 Å². The zero-order chi connectivity index (χ0) is 67.2. The molecule has 0 aliphatic heterocycles. The molecule has 0 saturated carbocycles. The molecular formula is C58H84N14O18. The van der Waals surface area contributed by atoms with Gasteiger partial charge in [-0.1, -0.05) is 70.2 Å². The Morgan fingerprint density at radius 3 is 1.49 bits per heavy atom. The van der Waals surface area contributed by atoms with Crippen molar-refractivity contribution in [1.82, 2.24) is 57.8 Å². The van der Waals surface area contributed by atoms with Gasteiger partial charge in [-0.05, 0) is 80.2 Å². The Balaban J connectivity index is 1.96. The van der Waals surface area contributed by atoms with Crippen molar-refractivity contribution in [3.8, 4) is 5.75 Å². The molecule has 0 unspecified atom stereocenters. The summed E-state index contributed by atoms with van der Waals surface area (Å²) in [6, 6.07) is -2.37. The van der Waals surface area contributed by atoms with E-state index >= 15 is 0 Å². The number of unbranched alkanes of at least 4 members (excludes halogenated alkanes) is 1. The number of phenols is 1. The maximum Gasteiger partial charge on any atom is 0.326 e. The molecule has 90 heavy (non-hydrogen) atoms. The third-order valence-electron chi connectivity index (χ3n) is 13.8. The van der Waals surface area contributed by atoms with Gasteiger partial charge in [0.25, 0.3) is 0 Å². The van der Waals surface area contributed by atoms with Crippen molar-refractivity contribution < 1.29 is 87.9 Å². The van der Waals surface area contributed by atoms with E-state index in [-0.39, 0.29) is 48.7 Å². The van der Waals surface area contributed by atoms with Crippen LogP contribution in [0.5, 0.6) is 5.75 Å². The largest absolute Gasteiger partial charge is 0.508 e. The third kappa shape index (κ3) is 26.8. The molecule has 3 aromatic rings. The second kappa shape index (κ2) is 38.0. The molecule has 2 aromatic carbocycles. The number of hydrogen-bond donors (Lipinski definition) is 18. The highest BCUT2D eigenvalue weighted by atomic mass is 16.4. The summed E-state index contributed by atoms with van der Waals surface area (Å²) in [6.45, 7) is 5.73. The van der Waals surface area contributed by atoms with E-state index < -0.39 is 195 Å². The second-order valence-corrected chi connectivity index (χ2v) is 22.1. The molecule has 1 aromatic heterocycles. The quantitative estimate of drug-likeness (QED) is 0.0148. The van der Waals surface area contributed by atoms with Crippen LogP contribution in [0.4, 0.5) is 0 Å². The Hall–Kier alpha value is -9.56. The summed E-state index contributed by atoms with van der Waals surface area (Å²) in [5, 5.41) is 71.1. The van der Waals surface area contributed by atoms with Crippen molar-refractivity contribution in [3.05, 3.63) is 83.9 Å². The van der Waals surface area contributed by atoms with Crippen molar-refractivity contribution in [2.45, 2.75) is 165 Å². The molecule has 0 radical (unpaired) electrons. The predicted octanol–water partition coefficient (Wildman–Crippen LogP) is -3.65. The lowest BCUT2D eigenvalue weighted by atomic mass is 10.0. The number of nitrogens with two attached hydrogens (primary N) is 3. The number of aliphatic hydroxyl groups is 1. The fourth-order valence-corrected chi connectivity index (χ4v) is 8.96. The number of hydrogen-bond acceptors (Lipinski definition) is 18. The Morgan fingerprint density at radius 1 is 0.522 bits per heavy atom. The maximum atomic E-state index is 14.6. The molecule has 32 heteroatoms. The van der Waals surface area contributed by atoms with Gasteiger partial charge in [-0.15, -0.1) is 0 Å². The molecule has 1 heterocycles. The van der Waals surface area contributed by atoms with Gasteiger partial charge in [0.2, 0.25) is 59.1 Å². The van der Waals surface area contributed by atoms with Gasteiger partial charge in [0, 0.05) is 44.0 Å². The first-order chi connectivity index (χ1) is 42.5. The van der Waals surface area contributed by atoms with Crippen molar-refractivity contribution in [1.29, 1.82) is 0 Å². The summed E-state index contributed by atoms with van der Waals surface area (Å²) in [5.74, 6) is -15.9. The standard InChI is InChI=1S/C58H84N14O18/c1-30(2)22-36(60)49(80)64-38(18-20-46(76)77)50(81)69-43(26-47(78)79)55(86)71-44(28-73)56(87)67-40(24-33-13-15-35(74)16-14-33)53(84)68-42(25-34-27-62-29-63-34)54(85)65-37(17-19-45(61)75)51(82)72-48(31(3)4)57(88)70-41(23-32-10-6-5-7-11-32)52(83)66-39(58(89)90)12-8-9-21-59/h5-7,10-11,13-16,27,29-31,36-44,48,73-74H,8-9,12,17-26,28,59-60H2,1-4H3,(H2,61,75)(H,62,63)(H,64,80)(H,65,85)(H,66,83)(H,67,87)(H,68,84)(H,69,81)(H,70,88)(H,71,86)(H,72,82)(H,76,77)(H,78,79)(H,89,90)/t36-,37-,38-,39-,40-,41-,42-,43-,44-,48-/m0/s1/i3+1,4+1,31+1,48+1,57+1,72+1. The van der Waals surface area contributed by atoms with Crippen molar-refractivity contribution in [2.24, 2.45) is 29.0 Å². The first-order valence-electron chi connectivity index (χ1n) is 29.1. The van der Waals surface area contributed by atoms with E-state index in [2.05, 4.69) is 57.8 Å². The molecular weight excluding hydrogens is 1190 g/mol. The van der Waals surface area contributed by atoms with E-state index in [0.29, 0.717) is 18.4 Å². The molecule has 0 aliphatic carbocycles. The van der Waals surface area contributed by atoms with E-state index in [1.165, 1.54) is 36.8 Å². The highest BCUT2D eigenvalue weighted by Crippen LogP contribution is 2.15. The first kappa shape index (κ1) is 74.7. The SMILES string of the molecule is CC(C)C[C@H](N)C(=O)N[C@@H](CCC(=O)O)C(=O)N[C@@H](CC(=O)O)C(=O)N[C@@H](CO)C(=O)N[C@@H](Cc1ccc(O)cc1)C(=O)N[C@@H](Cc1cnc[nH]1)C(=O)N[C@@H](CCC(N)=O)C(=O)[15NH][13C@H]([13C](=O)N[C@@H](Cc1ccccc1)C(=O)N[C@@H](CCCCN)C(=O)O)[13CH]([13CH3])[13CH3]. The van der Waals surface area contributed by atoms with Crippen LogP contribution >= 0.6 is 0 Å². The number of amides is 10. The minimum Gasteiger partial charge on any atom is -0.508 e. The number of aromatic nitrogens is 2. The molecule has 494 valence electrons. The van der Waals surface area contributed by atoms with Gasteiger partial charge in [-0.3, -0.25) is 57.5 Å². The van der Waals surface area contributed by atoms with E-state index in [9.17, 15) is 87.9 Å². The molecule has 0 bridgehead atoms. The lowest BCUT2D eigenvalue weighted by Gasteiger charge is -2.29. The molecule has 3 rings (SSSR count). The van der Waals surface area contributed by atoms with Gasteiger partial charge in [-0.2, -0.15) is 0 Å². The van der Waals surface area contributed by atoms with E-state index in [1.807, 2.05) is 0 Å². The van der Waals surface area contributed by atoms with Crippen LogP contribution < -0.4 is 65.1 Å². The summed E-state index contributed by atoms with van der Waals surface area (Å²) in [5.41, 5.74) is 18.1. The number of rotatable bonds is 41. The first-order valence-corrected chi connectivity index (χ1v) is 29.1. The maximum absolute atomic E-state index is 14.6. The topological polar surface area (TPSA) is 538 Å². The number of benzene rings is 2. The van der Waals surface area contributed by atoms with Gasteiger partial charge < -0.3 is 95.6 Å². The number of aromatic amines is 1. The zero-order valence-electron chi connectivity index (χ0n) is 50.4. The van der Waals surface area contributed by atoms with Gasteiger partial charge in [0.1, 0.15) is 60.1 Å². The monoisotopic (exact) mass is 1270 g/mol. The number of carbonyl (C=O) groups excluding carboxylic acids is 10. The number of carboxylic acid groups (broad SMARTS) is 3. The van der Waals surface area contributed by atoms with Crippen LogP contribution in [0.3, 0.4) is 0 Å². The molecule has 0 fully saturated rings. The van der Waals surface area contributed by atoms with Crippen LogP contribution in [0.1, 0.15) is 102 Å². The third-order valence-corrected chi connectivity index (χ3v) is 13.8. The fraction of sp³-hybridized carbons (Fsp3) is 0.517. The molecule has 21 N–H and O–H groups in total. The molecule has 10 amide bonds. The molecule has 32 nitrogen and oxygen atoms in total. The molecule has 10 atom stereocenters. The van der Waals surface area contributed by atoms with E-state index in [4.69, 9.17) is 17.2 Å². The van der Waals surface area contributed by atoms with Crippen LogP contribution in [0.2, 0.25) is 0 Å². The van der Waals surface area contributed by atoms with Gasteiger partial charge in [0.15, 0.2) is 0 Å². The van der Waals surface area contributed by atoms with Crippen molar-refractivity contribution in [3.63, 3.8) is 0 Å². The lowest BCUT2D eigenvalue weighted by Crippen LogP contribution is -2.62. The second-order valence-electron chi connectivity index (χ2n) is 22.1. The van der Waals surface area contributed by atoms with E-state index in [1.54, 1.807) is 58.0 Å². The van der Waals surface area contributed by atoms with Crippen molar-refractivity contribution >= 4 is 77.0 Å². The van der Waals surface area contributed by atoms with Crippen LogP contribution in [0, 0.1) is 11.8 Å². The number of H-pyrrole nitrogens is 1. The van der Waals surface area contributed by atoms with Crippen LogP contribution in [0.15, 0.2) is 67.1 Å².